The summed E-state index contributed by atoms with van der Waals surface area (Å²) in [6.07, 6.45) is 3.79. The molecule has 7 heteroatoms. The van der Waals surface area contributed by atoms with Crippen molar-refractivity contribution in [2.45, 2.75) is 39.3 Å². The fourth-order valence-electron chi connectivity index (χ4n) is 4.06. The standard InChI is InChI=1S/C22H24N4O2S/c1-15-16(2)26(13-17-6-4-10-28-17)22(18(15)12-23)24-21(27)14-25-9-3-7-19(25)20-8-5-11-29-20/h4-6,8,10-11,19H,3,7,9,13-14H2,1-2H3,(H,24,27)/t19-/m0/s1. The maximum atomic E-state index is 12.9. The first-order chi connectivity index (χ1) is 14.1. The molecule has 1 saturated heterocycles. The second kappa shape index (κ2) is 8.27. The minimum Gasteiger partial charge on any atom is -0.467 e. The molecule has 0 saturated carbocycles. The molecule has 1 amide bonds. The van der Waals surface area contributed by atoms with E-state index in [4.69, 9.17) is 4.42 Å². The van der Waals surface area contributed by atoms with E-state index in [2.05, 4.69) is 33.8 Å². The third-order valence-corrected chi connectivity index (χ3v) is 6.65. The second-order valence-corrected chi connectivity index (χ2v) is 8.38. The molecule has 0 aromatic carbocycles. The number of hydrogen-bond donors (Lipinski definition) is 1. The topological polar surface area (TPSA) is 74.2 Å². The van der Waals surface area contributed by atoms with Crippen molar-refractivity contribution < 1.29 is 9.21 Å². The normalized spacial score (nSPS) is 16.8. The minimum atomic E-state index is -0.0943. The van der Waals surface area contributed by atoms with Crippen LogP contribution in [0.3, 0.4) is 0 Å². The van der Waals surface area contributed by atoms with Gasteiger partial charge in [-0.05, 0) is 62.4 Å². The Morgan fingerprint density at radius 3 is 2.93 bits per heavy atom. The second-order valence-electron chi connectivity index (χ2n) is 7.40. The molecule has 150 valence electrons. The van der Waals surface area contributed by atoms with E-state index >= 15 is 0 Å². The summed E-state index contributed by atoms with van der Waals surface area (Å²) in [7, 11) is 0. The van der Waals surface area contributed by atoms with E-state index in [0.717, 1.165) is 36.4 Å². The van der Waals surface area contributed by atoms with Crippen LogP contribution in [0.4, 0.5) is 5.82 Å². The highest BCUT2D eigenvalue weighted by Gasteiger charge is 2.29. The minimum absolute atomic E-state index is 0.0943. The number of amides is 1. The van der Waals surface area contributed by atoms with E-state index in [1.54, 1.807) is 17.6 Å². The lowest BCUT2D eigenvalue weighted by atomic mass is 10.2. The number of nitrogens with one attached hydrogen (secondary N) is 1. The van der Waals surface area contributed by atoms with Crippen molar-refractivity contribution in [1.82, 2.24) is 9.47 Å². The molecule has 3 aromatic heterocycles. The van der Waals surface area contributed by atoms with Crippen LogP contribution in [0.2, 0.25) is 0 Å². The van der Waals surface area contributed by atoms with Crippen LogP contribution in [-0.2, 0) is 11.3 Å². The summed E-state index contributed by atoms with van der Waals surface area (Å²) in [5, 5.41) is 14.8. The van der Waals surface area contributed by atoms with Gasteiger partial charge in [0.15, 0.2) is 0 Å². The van der Waals surface area contributed by atoms with E-state index in [1.807, 2.05) is 30.5 Å². The summed E-state index contributed by atoms with van der Waals surface area (Å²) in [6, 6.07) is 10.5. The fourth-order valence-corrected chi connectivity index (χ4v) is 4.96. The van der Waals surface area contributed by atoms with Crippen LogP contribution in [-0.4, -0.2) is 28.5 Å². The quantitative estimate of drug-likeness (QED) is 0.654. The molecule has 0 unspecified atom stereocenters. The predicted octanol–water partition coefficient (Wildman–Crippen LogP) is 4.46. The number of rotatable bonds is 6. The van der Waals surface area contributed by atoms with Crippen LogP contribution < -0.4 is 5.32 Å². The number of carbonyl (C=O) groups excluding carboxylic acids is 1. The molecule has 0 aliphatic carbocycles. The third kappa shape index (κ3) is 3.86. The van der Waals surface area contributed by atoms with Gasteiger partial charge in [-0.15, -0.1) is 11.3 Å². The zero-order valence-corrected chi connectivity index (χ0v) is 17.5. The number of nitrogens with zero attached hydrogens (tertiary/aromatic N) is 3. The van der Waals surface area contributed by atoms with Gasteiger partial charge in [0, 0.05) is 16.6 Å². The molecule has 1 aliphatic rings. The number of aromatic nitrogens is 1. The molecule has 29 heavy (non-hydrogen) atoms. The summed E-state index contributed by atoms with van der Waals surface area (Å²) in [5.74, 6) is 1.24. The van der Waals surface area contributed by atoms with Crippen molar-refractivity contribution >= 4 is 23.1 Å². The first-order valence-electron chi connectivity index (χ1n) is 9.78. The van der Waals surface area contributed by atoms with Crippen molar-refractivity contribution in [3.63, 3.8) is 0 Å². The Kier molecular flexibility index (Phi) is 5.56. The molecule has 1 atom stereocenters. The maximum Gasteiger partial charge on any atom is 0.239 e. The number of nitriles is 1. The number of hydrogen-bond acceptors (Lipinski definition) is 5. The average molecular weight is 409 g/mol. The SMILES string of the molecule is Cc1c(C#N)c(NC(=O)CN2CCC[C@H]2c2cccs2)n(Cc2ccco2)c1C. The van der Waals surface area contributed by atoms with E-state index in [0.29, 0.717) is 30.5 Å². The first kappa shape index (κ1) is 19.5. The Balaban J connectivity index is 1.54. The van der Waals surface area contributed by atoms with Gasteiger partial charge in [0.1, 0.15) is 17.6 Å². The first-order valence-corrected chi connectivity index (χ1v) is 10.7. The Labute approximate surface area is 174 Å². The van der Waals surface area contributed by atoms with Crippen LogP contribution in [0.15, 0.2) is 40.3 Å². The molecule has 6 nitrogen and oxygen atoms in total. The number of furan rings is 1. The fraction of sp³-hybridized carbons (Fsp3) is 0.364. The number of anilines is 1. The number of carbonyl (C=O) groups is 1. The van der Waals surface area contributed by atoms with Crippen molar-refractivity contribution in [3.05, 3.63) is 63.4 Å². The van der Waals surface area contributed by atoms with Crippen LogP contribution in [0.5, 0.6) is 0 Å². The molecule has 1 aliphatic heterocycles. The largest absolute Gasteiger partial charge is 0.467 e. The molecule has 1 fully saturated rings. The van der Waals surface area contributed by atoms with Gasteiger partial charge in [-0.1, -0.05) is 6.07 Å². The van der Waals surface area contributed by atoms with Gasteiger partial charge < -0.3 is 14.3 Å². The van der Waals surface area contributed by atoms with Gasteiger partial charge >= 0.3 is 0 Å². The average Bonchev–Trinajstić information content (AvgIpc) is 3.48. The highest BCUT2D eigenvalue weighted by atomic mass is 32.1. The lowest BCUT2D eigenvalue weighted by Crippen LogP contribution is -2.33. The van der Waals surface area contributed by atoms with Crippen LogP contribution in [0.25, 0.3) is 0 Å². The van der Waals surface area contributed by atoms with Crippen molar-refractivity contribution in [2.24, 2.45) is 0 Å². The van der Waals surface area contributed by atoms with E-state index in [1.165, 1.54) is 4.88 Å². The van der Waals surface area contributed by atoms with Gasteiger partial charge in [-0.3, -0.25) is 9.69 Å². The van der Waals surface area contributed by atoms with Gasteiger partial charge in [0.2, 0.25) is 5.91 Å². The molecular formula is C22H24N4O2S. The van der Waals surface area contributed by atoms with Crippen LogP contribution >= 0.6 is 11.3 Å². The summed E-state index contributed by atoms with van der Waals surface area (Å²) >= 11 is 1.74. The zero-order chi connectivity index (χ0) is 20.4. The molecule has 4 heterocycles. The maximum absolute atomic E-state index is 12.9. The monoisotopic (exact) mass is 408 g/mol. The predicted molar refractivity (Wildman–Crippen MR) is 113 cm³/mol. The van der Waals surface area contributed by atoms with Crippen molar-refractivity contribution in [1.29, 1.82) is 5.26 Å². The summed E-state index contributed by atoms with van der Waals surface area (Å²) in [5.41, 5.74) is 2.34. The molecule has 0 radical (unpaired) electrons. The van der Waals surface area contributed by atoms with Crippen LogP contribution in [0, 0.1) is 25.2 Å². The summed E-state index contributed by atoms with van der Waals surface area (Å²) in [4.78, 5) is 16.5. The molecule has 3 aromatic rings. The molecule has 4 rings (SSSR count). The highest BCUT2D eigenvalue weighted by Crippen LogP contribution is 2.34. The van der Waals surface area contributed by atoms with Crippen molar-refractivity contribution in [3.8, 4) is 6.07 Å². The molecule has 1 N–H and O–H groups in total. The van der Waals surface area contributed by atoms with Gasteiger partial charge in [0.25, 0.3) is 0 Å². The summed E-state index contributed by atoms with van der Waals surface area (Å²) < 4.78 is 7.42. The van der Waals surface area contributed by atoms with Gasteiger partial charge in [-0.25, -0.2) is 0 Å². The van der Waals surface area contributed by atoms with Crippen LogP contribution in [0.1, 0.15) is 46.3 Å². The lowest BCUT2D eigenvalue weighted by molar-refractivity contribution is -0.117. The highest BCUT2D eigenvalue weighted by molar-refractivity contribution is 7.10. The Bertz CT molecular complexity index is 1030. The lowest BCUT2D eigenvalue weighted by Gasteiger charge is -2.23. The Morgan fingerprint density at radius 1 is 1.38 bits per heavy atom. The van der Waals surface area contributed by atoms with E-state index < -0.39 is 0 Å². The smallest absolute Gasteiger partial charge is 0.239 e. The molecular weight excluding hydrogens is 384 g/mol. The Hall–Kier alpha value is -2.82. The van der Waals surface area contributed by atoms with Gasteiger partial charge in [0.05, 0.1) is 24.9 Å². The van der Waals surface area contributed by atoms with Gasteiger partial charge in [-0.2, -0.15) is 5.26 Å². The van der Waals surface area contributed by atoms with E-state index in [-0.39, 0.29) is 5.91 Å². The number of likely N-dealkylation sites (tertiary alicyclic amines) is 1. The molecule has 0 spiro atoms. The van der Waals surface area contributed by atoms with Crippen molar-refractivity contribution in [2.75, 3.05) is 18.4 Å². The van der Waals surface area contributed by atoms with E-state index in [9.17, 15) is 10.1 Å². The summed E-state index contributed by atoms with van der Waals surface area (Å²) in [6.45, 7) is 5.57. The molecule has 0 bridgehead atoms. The number of thiophene rings is 1. The third-order valence-electron chi connectivity index (χ3n) is 5.67. The zero-order valence-electron chi connectivity index (χ0n) is 16.6. The Morgan fingerprint density at radius 2 is 2.24 bits per heavy atom.